The second-order valence-electron chi connectivity index (χ2n) is 6.37. The quantitative estimate of drug-likeness (QED) is 0.731. The molecule has 0 saturated carbocycles. The molecule has 0 aromatic heterocycles. The Labute approximate surface area is 149 Å². The maximum absolute atomic E-state index is 12.2. The van der Waals surface area contributed by atoms with E-state index in [1.54, 1.807) is 26.2 Å². The van der Waals surface area contributed by atoms with Gasteiger partial charge in [0.2, 0.25) is 11.8 Å². The third-order valence-corrected chi connectivity index (χ3v) is 4.11. The second kappa shape index (κ2) is 9.27. The third kappa shape index (κ3) is 5.63. The van der Waals surface area contributed by atoms with E-state index in [4.69, 9.17) is 15.2 Å². The molecule has 1 rings (SSSR count). The summed E-state index contributed by atoms with van der Waals surface area (Å²) in [5.41, 5.74) is 7.69. The molecule has 7 nitrogen and oxygen atoms in total. The Morgan fingerprint density at radius 2 is 1.76 bits per heavy atom. The van der Waals surface area contributed by atoms with Crippen LogP contribution in [0.2, 0.25) is 0 Å². The molecule has 0 aliphatic carbocycles. The Morgan fingerprint density at radius 1 is 1.20 bits per heavy atom. The number of nitrogens with zero attached hydrogens (tertiary/aromatic N) is 1. The van der Waals surface area contributed by atoms with Gasteiger partial charge in [-0.2, -0.15) is 0 Å². The molecule has 1 aromatic rings. The summed E-state index contributed by atoms with van der Waals surface area (Å²) in [5.74, 6) is 0.757. The van der Waals surface area contributed by atoms with E-state index in [0.29, 0.717) is 18.0 Å². The summed E-state index contributed by atoms with van der Waals surface area (Å²) in [6.45, 7) is 5.98. The van der Waals surface area contributed by atoms with E-state index in [1.807, 2.05) is 32.9 Å². The fourth-order valence-electron chi connectivity index (χ4n) is 2.26. The average Bonchev–Trinajstić information content (AvgIpc) is 2.59. The van der Waals surface area contributed by atoms with Crippen LogP contribution in [-0.2, 0) is 16.1 Å². The molecule has 140 valence electrons. The Bertz CT molecular complexity index is 617. The van der Waals surface area contributed by atoms with Gasteiger partial charge >= 0.3 is 0 Å². The highest BCUT2D eigenvalue weighted by atomic mass is 16.5. The van der Waals surface area contributed by atoms with Crippen molar-refractivity contribution in [2.45, 2.75) is 33.4 Å². The molecule has 0 heterocycles. The molecule has 0 bridgehead atoms. The molecule has 0 unspecified atom stereocenters. The molecule has 1 aromatic carbocycles. The van der Waals surface area contributed by atoms with E-state index < -0.39 is 6.04 Å². The minimum absolute atomic E-state index is 0.0160. The number of carbonyl (C=O) groups excluding carboxylic acids is 2. The fraction of sp³-hybridized carbons (Fsp3) is 0.556. The van der Waals surface area contributed by atoms with Crippen LogP contribution in [0.1, 0.15) is 25.0 Å². The van der Waals surface area contributed by atoms with Crippen LogP contribution in [0.5, 0.6) is 11.5 Å². The van der Waals surface area contributed by atoms with Gasteiger partial charge in [-0.1, -0.05) is 13.8 Å². The zero-order valence-electron chi connectivity index (χ0n) is 15.9. The number of nitrogens with two attached hydrogens (primary N) is 1. The predicted molar refractivity (Wildman–Crippen MR) is 96.6 cm³/mol. The summed E-state index contributed by atoms with van der Waals surface area (Å²) in [5, 5.41) is 2.59. The van der Waals surface area contributed by atoms with Gasteiger partial charge in [-0.25, -0.2) is 0 Å². The number of amides is 2. The number of benzene rings is 1. The highest BCUT2D eigenvalue weighted by Gasteiger charge is 2.19. The lowest BCUT2D eigenvalue weighted by molar-refractivity contribution is -0.132. The highest BCUT2D eigenvalue weighted by molar-refractivity contribution is 5.87. The molecule has 25 heavy (non-hydrogen) atoms. The van der Waals surface area contributed by atoms with Crippen LogP contribution in [0, 0.1) is 12.8 Å². The number of ether oxygens (including phenoxy) is 2. The lowest BCUT2D eigenvalue weighted by Crippen LogP contribution is -2.47. The highest BCUT2D eigenvalue weighted by Crippen LogP contribution is 2.30. The summed E-state index contributed by atoms with van der Waals surface area (Å²) in [7, 11) is 4.84. The van der Waals surface area contributed by atoms with E-state index in [9.17, 15) is 9.59 Å². The van der Waals surface area contributed by atoms with Crippen LogP contribution < -0.4 is 20.5 Å². The molecule has 0 aliphatic rings. The molecule has 7 heteroatoms. The smallest absolute Gasteiger partial charge is 0.242 e. The Hall–Kier alpha value is -2.28. The van der Waals surface area contributed by atoms with Crippen molar-refractivity contribution in [2.75, 3.05) is 27.8 Å². The van der Waals surface area contributed by atoms with Gasteiger partial charge in [0.15, 0.2) is 11.5 Å². The van der Waals surface area contributed by atoms with Gasteiger partial charge in [0.05, 0.1) is 26.8 Å². The van der Waals surface area contributed by atoms with Crippen molar-refractivity contribution in [1.82, 2.24) is 10.2 Å². The van der Waals surface area contributed by atoms with Crippen LogP contribution >= 0.6 is 0 Å². The van der Waals surface area contributed by atoms with Gasteiger partial charge in [0.1, 0.15) is 0 Å². The van der Waals surface area contributed by atoms with Gasteiger partial charge in [-0.15, -0.1) is 0 Å². The maximum atomic E-state index is 12.2. The van der Waals surface area contributed by atoms with Crippen molar-refractivity contribution in [3.05, 3.63) is 23.3 Å². The molecule has 0 radical (unpaired) electrons. The number of rotatable bonds is 8. The normalized spacial score (nSPS) is 11.8. The van der Waals surface area contributed by atoms with Crippen LogP contribution in [0.4, 0.5) is 0 Å². The van der Waals surface area contributed by atoms with Crippen molar-refractivity contribution in [1.29, 1.82) is 0 Å². The lowest BCUT2D eigenvalue weighted by Gasteiger charge is -2.21. The summed E-state index contributed by atoms with van der Waals surface area (Å²) in [6, 6.07) is 3.10. The second-order valence-corrected chi connectivity index (χ2v) is 6.37. The van der Waals surface area contributed by atoms with Crippen LogP contribution in [0.25, 0.3) is 0 Å². The lowest BCUT2D eigenvalue weighted by atomic mass is 10.1. The summed E-state index contributed by atoms with van der Waals surface area (Å²) in [6.07, 6.45) is 0. The SMILES string of the molecule is COc1cc(C)c(CN(C)C(=O)CNC(=O)[C@@H](N)C(C)C)cc1OC. The van der Waals surface area contributed by atoms with Crippen molar-refractivity contribution < 1.29 is 19.1 Å². The summed E-state index contributed by atoms with van der Waals surface area (Å²) < 4.78 is 10.6. The maximum Gasteiger partial charge on any atom is 0.242 e. The van der Waals surface area contributed by atoms with Crippen molar-refractivity contribution >= 4 is 11.8 Å². The number of methoxy groups -OCH3 is 2. The van der Waals surface area contributed by atoms with E-state index in [2.05, 4.69) is 5.32 Å². The molecule has 3 N–H and O–H groups in total. The first-order chi connectivity index (χ1) is 11.7. The third-order valence-electron chi connectivity index (χ3n) is 4.11. The van der Waals surface area contributed by atoms with E-state index in [1.165, 1.54) is 0 Å². The van der Waals surface area contributed by atoms with Gasteiger partial charge in [-0.05, 0) is 36.1 Å². The average molecular weight is 351 g/mol. The zero-order valence-corrected chi connectivity index (χ0v) is 15.9. The first kappa shape index (κ1) is 20.8. The van der Waals surface area contributed by atoms with Gasteiger partial charge < -0.3 is 25.4 Å². The van der Waals surface area contributed by atoms with Crippen molar-refractivity contribution in [2.24, 2.45) is 11.7 Å². The molecular weight excluding hydrogens is 322 g/mol. The number of carbonyl (C=O) groups is 2. The van der Waals surface area contributed by atoms with Gasteiger partial charge in [-0.3, -0.25) is 9.59 Å². The first-order valence-electron chi connectivity index (χ1n) is 8.20. The Morgan fingerprint density at radius 3 is 2.28 bits per heavy atom. The summed E-state index contributed by atoms with van der Waals surface area (Å²) >= 11 is 0. The fourth-order valence-corrected chi connectivity index (χ4v) is 2.26. The number of hydrogen-bond acceptors (Lipinski definition) is 5. The largest absolute Gasteiger partial charge is 0.493 e. The van der Waals surface area contributed by atoms with Gasteiger partial charge in [0.25, 0.3) is 0 Å². The van der Waals surface area contributed by atoms with Gasteiger partial charge in [0, 0.05) is 13.6 Å². The number of likely N-dealkylation sites (N-methyl/N-ethyl adjacent to an activating group) is 1. The molecule has 2 amide bonds. The molecule has 0 fully saturated rings. The van der Waals surface area contributed by atoms with Crippen LogP contribution in [0.3, 0.4) is 0 Å². The zero-order chi connectivity index (χ0) is 19.1. The van der Waals surface area contributed by atoms with Crippen molar-refractivity contribution in [3.8, 4) is 11.5 Å². The minimum atomic E-state index is -0.619. The topological polar surface area (TPSA) is 93.9 Å². The predicted octanol–water partition coefficient (Wildman–Crippen LogP) is 1.07. The molecular formula is C18H29N3O4. The molecule has 0 saturated heterocycles. The van der Waals surface area contributed by atoms with Crippen LogP contribution in [-0.4, -0.2) is 50.6 Å². The standard InChI is InChI=1S/C18H29N3O4/c1-11(2)17(19)18(23)20-9-16(22)21(4)10-13-8-15(25-6)14(24-5)7-12(13)3/h7-8,11,17H,9-10,19H2,1-6H3,(H,20,23)/t17-/m0/s1. The number of hydrogen-bond donors (Lipinski definition) is 2. The molecule has 1 atom stereocenters. The van der Waals surface area contributed by atoms with E-state index >= 15 is 0 Å². The Kier molecular flexibility index (Phi) is 7.70. The van der Waals surface area contributed by atoms with Crippen molar-refractivity contribution in [3.63, 3.8) is 0 Å². The van der Waals surface area contributed by atoms with E-state index in [-0.39, 0.29) is 24.3 Å². The van der Waals surface area contributed by atoms with Crippen LogP contribution in [0.15, 0.2) is 12.1 Å². The molecule has 0 spiro atoms. The van der Waals surface area contributed by atoms with E-state index in [0.717, 1.165) is 11.1 Å². The monoisotopic (exact) mass is 351 g/mol. The molecule has 0 aliphatic heterocycles. The first-order valence-corrected chi connectivity index (χ1v) is 8.20. The summed E-state index contributed by atoms with van der Waals surface area (Å²) in [4.78, 5) is 25.6. The number of aryl methyl sites for hydroxylation is 1. The minimum Gasteiger partial charge on any atom is -0.493 e. The number of nitrogens with one attached hydrogen (secondary N) is 1. The Balaban J connectivity index is 2.71.